The lowest BCUT2D eigenvalue weighted by Crippen LogP contribution is -2.28. The summed E-state index contributed by atoms with van der Waals surface area (Å²) in [7, 11) is 1.89. The molecule has 0 saturated carbocycles. The van der Waals surface area contributed by atoms with Gasteiger partial charge in [0.05, 0.1) is 0 Å². The maximum atomic E-state index is 12.5. The van der Waals surface area contributed by atoms with E-state index in [0.717, 1.165) is 24.3 Å². The molecular weight excluding hydrogens is 381 g/mol. The quantitative estimate of drug-likeness (QED) is 0.723. The highest BCUT2D eigenvalue weighted by molar-refractivity contribution is 5.85. The van der Waals surface area contributed by atoms with Crippen LogP contribution in [0, 0.1) is 0 Å². The van der Waals surface area contributed by atoms with Crippen molar-refractivity contribution in [3.63, 3.8) is 0 Å². The maximum Gasteiger partial charge on any atom is 0.222 e. The second kappa shape index (κ2) is 11.1. The van der Waals surface area contributed by atoms with Crippen LogP contribution in [0.15, 0.2) is 48.5 Å². The van der Waals surface area contributed by atoms with E-state index in [0.29, 0.717) is 19.4 Å². The summed E-state index contributed by atoms with van der Waals surface area (Å²) in [4.78, 5) is 16.8. The van der Waals surface area contributed by atoms with Crippen LogP contribution >= 0.6 is 24.8 Å². The third-order valence-corrected chi connectivity index (χ3v) is 4.93. The number of rotatable bonds is 6. The van der Waals surface area contributed by atoms with Gasteiger partial charge in [-0.25, -0.2) is 0 Å². The first-order valence-corrected chi connectivity index (χ1v) is 9.05. The van der Waals surface area contributed by atoms with Crippen LogP contribution in [0.25, 0.3) is 0 Å². The van der Waals surface area contributed by atoms with Crippen LogP contribution in [0.1, 0.15) is 30.4 Å². The molecule has 1 aliphatic heterocycles. The zero-order valence-electron chi connectivity index (χ0n) is 15.8. The van der Waals surface area contributed by atoms with E-state index in [1.165, 1.54) is 24.1 Å². The van der Waals surface area contributed by atoms with Crippen molar-refractivity contribution in [2.45, 2.75) is 32.2 Å². The Labute approximate surface area is 174 Å². The highest BCUT2D eigenvalue weighted by Gasteiger charge is 2.17. The molecule has 0 unspecified atom stereocenters. The van der Waals surface area contributed by atoms with Gasteiger partial charge in [0.2, 0.25) is 5.91 Å². The van der Waals surface area contributed by atoms with Gasteiger partial charge in [-0.1, -0.05) is 36.4 Å². The molecule has 1 aliphatic rings. The lowest BCUT2D eigenvalue weighted by Gasteiger charge is -2.24. The number of anilines is 2. The monoisotopic (exact) mass is 409 g/mol. The average molecular weight is 410 g/mol. The minimum absolute atomic E-state index is 0. The van der Waals surface area contributed by atoms with Crippen LogP contribution in [0.4, 0.5) is 11.4 Å². The topological polar surface area (TPSA) is 49.6 Å². The van der Waals surface area contributed by atoms with Crippen molar-refractivity contribution in [1.29, 1.82) is 0 Å². The molecule has 148 valence electrons. The number of carbonyl (C=O) groups is 1. The number of carbonyl (C=O) groups excluding carboxylic acids is 1. The van der Waals surface area contributed by atoms with E-state index < -0.39 is 0 Å². The largest absolute Gasteiger partial charge is 0.399 e. The van der Waals surface area contributed by atoms with Crippen LogP contribution in [0.3, 0.4) is 0 Å². The number of hydrogen-bond acceptors (Lipinski definition) is 3. The van der Waals surface area contributed by atoms with Gasteiger partial charge in [-0.15, -0.1) is 24.8 Å². The number of hydrogen-bond donors (Lipinski definition) is 1. The first-order chi connectivity index (χ1) is 12.1. The van der Waals surface area contributed by atoms with E-state index in [1.54, 1.807) is 0 Å². The van der Waals surface area contributed by atoms with Crippen molar-refractivity contribution >= 4 is 42.1 Å². The van der Waals surface area contributed by atoms with E-state index in [-0.39, 0.29) is 30.7 Å². The highest BCUT2D eigenvalue weighted by atomic mass is 35.5. The molecule has 2 N–H and O–H groups in total. The van der Waals surface area contributed by atoms with Crippen molar-refractivity contribution < 1.29 is 4.79 Å². The molecule has 0 atom stereocenters. The zero-order chi connectivity index (χ0) is 17.6. The molecule has 6 heteroatoms. The van der Waals surface area contributed by atoms with E-state index in [1.807, 2.05) is 36.2 Å². The number of nitrogen functional groups attached to an aromatic ring is 1. The maximum absolute atomic E-state index is 12.5. The number of nitrogens with two attached hydrogens (primary N) is 1. The minimum atomic E-state index is 0. The predicted molar refractivity (Wildman–Crippen MR) is 118 cm³/mol. The van der Waals surface area contributed by atoms with Crippen molar-refractivity contribution in [2.75, 3.05) is 30.8 Å². The number of aryl methyl sites for hydroxylation is 1. The Morgan fingerprint density at radius 2 is 1.59 bits per heavy atom. The van der Waals surface area contributed by atoms with Crippen LogP contribution in [0.5, 0.6) is 0 Å². The molecule has 1 saturated heterocycles. The second-order valence-corrected chi connectivity index (χ2v) is 6.77. The lowest BCUT2D eigenvalue weighted by atomic mass is 10.1. The molecule has 3 rings (SSSR count). The van der Waals surface area contributed by atoms with Gasteiger partial charge in [0, 0.05) is 44.5 Å². The summed E-state index contributed by atoms with van der Waals surface area (Å²) in [6.07, 6.45) is 3.67. The molecule has 1 amide bonds. The van der Waals surface area contributed by atoms with Gasteiger partial charge < -0.3 is 15.5 Å². The standard InChI is InChI=1S/C21H27N3O.2ClH/c1-23(21(25)13-12-17-8-2-4-10-19(17)22)16-18-9-3-5-11-20(18)24-14-6-7-15-24;;/h2-5,8-11H,6-7,12-16,22H2,1H3;2*1H. The SMILES string of the molecule is CN(Cc1ccccc1N1CCCC1)C(=O)CCc1ccccc1N.Cl.Cl. The molecule has 1 heterocycles. The first-order valence-electron chi connectivity index (χ1n) is 9.05. The van der Waals surface area contributed by atoms with Crippen LogP contribution in [-0.4, -0.2) is 30.9 Å². The molecule has 4 nitrogen and oxygen atoms in total. The smallest absolute Gasteiger partial charge is 0.222 e. The molecule has 0 bridgehead atoms. The number of para-hydroxylation sites is 2. The molecule has 2 aromatic carbocycles. The first kappa shape index (κ1) is 23.1. The fourth-order valence-electron chi connectivity index (χ4n) is 3.45. The van der Waals surface area contributed by atoms with Gasteiger partial charge in [0.1, 0.15) is 0 Å². The van der Waals surface area contributed by atoms with Gasteiger partial charge in [-0.2, -0.15) is 0 Å². The van der Waals surface area contributed by atoms with E-state index >= 15 is 0 Å². The fourth-order valence-corrected chi connectivity index (χ4v) is 3.45. The van der Waals surface area contributed by atoms with Gasteiger partial charge in [0.25, 0.3) is 0 Å². The summed E-state index contributed by atoms with van der Waals surface area (Å²) >= 11 is 0. The lowest BCUT2D eigenvalue weighted by molar-refractivity contribution is -0.130. The Morgan fingerprint density at radius 3 is 2.26 bits per heavy atom. The van der Waals surface area contributed by atoms with Crippen LogP contribution < -0.4 is 10.6 Å². The molecular formula is C21H29Cl2N3O. The third-order valence-electron chi connectivity index (χ3n) is 4.93. The average Bonchev–Trinajstić information content (AvgIpc) is 3.15. The predicted octanol–water partition coefficient (Wildman–Crippen LogP) is 4.30. The molecule has 0 spiro atoms. The third kappa shape index (κ3) is 6.05. The number of amides is 1. The van der Waals surface area contributed by atoms with Crippen LogP contribution in [0.2, 0.25) is 0 Å². The summed E-state index contributed by atoms with van der Waals surface area (Å²) in [5.41, 5.74) is 10.3. The molecule has 0 radical (unpaired) electrons. The highest BCUT2D eigenvalue weighted by Crippen LogP contribution is 2.25. The van der Waals surface area contributed by atoms with Gasteiger partial charge >= 0.3 is 0 Å². The van der Waals surface area contributed by atoms with Crippen molar-refractivity contribution in [3.05, 3.63) is 59.7 Å². The van der Waals surface area contributed by atoms with Crippen LogP contribution in [-0.2, 0) is 17.8 Å². The van der Waals surface area contributed by atoms with Gasteiger partial charge in [-0.3, -0.25) is 4.79 Å². The van der Waals surface area contributed by atoms with Crippen molar-refractivity contribution in [3.8, 4) is 0 Å². The van der Waals surface area contributed by atoms with Gasteiger partial charge in [0.15, 0.2) is 0 Å². The minimum Gasteiger partial charge on any atom is -0.399 e. The summed E-state index contributed by atoms with van der Waals surface area (Å²) < 4.78 is 0. The summed E-state index contributed by atoms with van der Waals surface area (Å²) in [5.74, 6) is 0.152. The number of nitrogens with zero attached hydrogens (tertiary/aromatic N) is 2. The molecule has 2 aromatic rings. The molecule has 0 aliphatic carbocycles. The Hall–Kier alpha value is -1.91. The number of benzene rings is 2. The Morgan fingerprint density at radius 1 is 1.00 bits per heavy atom. The van der Waals surface area contributed by atoms with Crippen molar-refractivity contribution in [1.82, 2.24) is 4.90 Å². The summed E-state index contributed by atoms with van der Waals surface area (Å²) in [6, 6.07) is 16.2. The van der Waals surface area contributed by atoms with E-state index in [4.69, 9.17) is 5.73 Å². The molecule has 0 aromatic heterocycles. The molecule has 1 fully saturated rings. The zero-order valence-corrected chi connectivity index (χ0v) is 17.4. The second-order valence-electron chi connectivity index (χ2n) is 6.77. The van der Waals surface area contributed by atoms with E-state index in [9.17, 15) is 4.79 Å². The summed E-state index contributed by atoms with van der Waals surface area (Å²) in [6.45, 7) is 2.87. The molecule has 27 heavy (non-hydrogen) atoms. The Bertz CT molecular complexity index is 733. The summed E-state index contributed by atoms with van der Waals surface area (Å²) in [5, 5.41) is 0. The normalized spacial score (nSPS) is 12.9. The number of halogens is 2. The Balaban J connectivity index is 0.00000182. The fraction of sp³-hybridized carbons (Fsp3) is 0.381. The Kier molecular flexibility index (Phi) is 9.47. The van der Waals surface area contributed by atoms with Gasteiger partial charge in [-0.05, 0) is 42.5 Å². The van der Waals surface area contributed by atoms with E-state index in [2.05, 4.69) is 29.2 Å². The van der Waals surface area contributed by atoms with Crippen molar-refractivity contribution in [2.24, 2.45) is 0 Å².